The smallest absolute Gasteiger partial charge is 0.178 e. The van der Waals surface area contributed by atoms with Crippen LogP contribution in [0.1, 0.15) is 17.4 Å². The van der Waals surface area contributed by atoms with Crippen molar-refractivity contribution in [3.8, 4) is 5.75 Å². The number of aryl methyl sites for hydroxylation is 1. The Morgan fingerprint density at radius 3 is 2.36 bits per heavy atom. The molecule has 0 bridgehead atoms. The minimum Gasteiger partial charge on any atom is -0.508 e. The van der Waals surface area contributed by atoms with Gasteiger partial charge in [-0.2, -0.15) is 0 Å². The molecule has 0 atom stereocenters. The molecule has 1 aromatic carbocycles. The van der Waals surface area contributed by atoms with Crippen LogP contribution in [-0.4, -0.2) is 15.3 Å². The molecule has 60 valence electrons. The fraction of sp³-hybridized carbons (Fsp3) is 0.250. The summed E-state index contributed by atoms with van der Waals surface area (Å²) in [7, 11) is 0. The zero-order chi connectivity index (χ0) is 8.43. The van der Waals surface area contributed by atoms with E-state index in [0.717, 1.165) is 5.56 Å². The van der Waals surface area contributed by atoms with Crippen LogP contribution in [0.5, 0.6) is 5.75 Å². The largest absolute Gasteiger partial charge is 0.508 e. The van der Waals surface area contributed by atoms with Crippen LogP contribution < -0.4 is 0 Å². The Balaban J connectivity index is 3.05. The number of aliphatic hydroxyl groups excluding tert-OH is 1. The summed E-state index contributed by atoms with van der Waals surface area (Å²) in [5, 5.41) is 26.5. The van der Waals surface area contributed by atoms with Gasteiger partial charge in [-0.3, -0.25) is 0 Å². The number of hydrogen-bond acceptors (Lipinski definition) is 3. The van der Waals surface area contributed by atoms with Crippen molar-refractivity contribution in [1.29, 1.82) is 0 Å². The normalized spacial score (nSPS) is 10.5. The third-order valence-corrected chi connectivity index (χ3v) is 1.53. The highest BCUT2D eigenvalue weighted by atomic mass is 16.5. The first-order valence-electron chi connectivity index (χ1n) is 3.27. The van der Waals surface area contributed by atoms with Crippen molar-refractivity contribution in [1.82, 2.24) is 0 Å². The molecule has 0 radical (unpaired) electrons. The van der Waals surface area contributed by atoms with E-state index in [0.29, 0.717) is 5.56 Å². The summed E-state index contributed by atoms with van der Waals surface area (Å²) in [4.78, 5) is 0. The van der Waals surface area contributed by atoms with Crippen LogP contribution in [0.3, 0.4) is 0 Å². The Hall–Kier alpha value is -1.06. The average Bonchev–Trinajstić information content (AvgIpc) is 1.94. The highest BCUT2D eigenvalue weighted by Crippen LogP contribution is 2.20. The Kier molecular flexibility index (Phi) is 2.12. The molecule has 1 rings (SSSR count). The molecule has 0 unspecified atom stereocenters. The van der Waals surface area contributed by atoms with Gasteiger partial charge in [0.1, 0.15) is 5.75 Å². The van der Waals surface area contributed by atoms with Crippen LogP contribution >= 0.6 is 0 Å². The second-order valence-corrected chi connectivity index (χ2v) is 2.42. The van der Waals surface area contributed by atoms with Crippen molar-refractivity contribution >= 4 is 0 Å². The van der Waals surface area contributed by atoms with Crippen LogP contribution in [0.4, 0.5) is 0 Å². The zero-order valence-electron chi connectivity index (χ0n) is 6.15. The molecule has 0 aliphatic heterocycles. The Morgan fingerprint density at radius 1 is 1.27 bits per heavy atom. The summed E-state index contributed by atoms with van der Waals surface area (Å²) in [6.45, 7) is 1.74. The highest BCUT2D eigenvalue weighted by molar-refractivity contribution is 5.35. The molecule has 3 N–H and O–H groups in total. The van der Waals surface area contributed by atoms with Gasteiger partial charge in [0.15, 0.2) is 6.29 Å². The van der Waals surface area contributed by atoms with E-state index >= 15 is 0 Å². The number of phenols is 1. The molecule has 0 spiro atoms. The summed E-state index contributed by atoms with van der Waals surface area (Å²) in [5.41, 5.74) is 1.02. The summed E-state index contributed by atoms with van der Waals surface area (Å²) in [6.07, 6.45) is -1.51. The maximum absolute atomic E-state index is 9.13. The monoisotopic (exact) mass is 154 g/mol. The fourth-order valence-electron chi connectivity index (χ4n) is 0.787. The second-order valence-electron chi connectivity index (χ2n) is 2.42. The average molecular weight is 154 g/mol. The SMILES string of the molecule is Cc1ccc(C(O)O)cc1O. The molecule has 3 nitrogen and oxygen atoms in total. The number of rotatable bonds is 1. The van der Waals surface area contributed by atoms with Crippen LogP contribution in [0.25, 0.3) is 0 Å². The van der Waals surface area contributed by atoms with Crippen molar-refractivity contribution in [2.24, 2.45) is 0 Å². The summed E-state index contributed by atoms with van der Waals surface area (Å²) >= 11 is 0. The Morgan fingerprint density at radius 2 is 1.91 bits per heavy atom. The molecule has 0 aromatic heterocycles. The van der Waals surface area contributed by atoms with Gasteiger partial charge in [0.05, 0.1) is 0 Å². The van der Waals surface area contributed by atoms with Gasteiger partial charge < -0.3 is 15.3 Å². The first-order valence-corrected chi connectivity index (χ1v) is 3.27. The summed E-state index contributed by atoms with van der Waals surface area (Å²) in [6, 6.07) is 4.52. The number of phenolic OH excluding ortho intramolecular Hbond substituents is 1. The van der Waals surface area contributed by atoms with Gasteiger partial charge in [-0.25, -0.2) is 0 Å². The number of benzene rings is 1. The topological polar surface area (TPSA) is 60.7 Å². The molecular formula is C8H10O3. The maximum Gasteiger partial charge on any atom is 0.178 e. The number of aliphatic hydroxyl groups is 2. The van der Waals surface area contributed by atoms with Crippen LogP contribution in [0.15, 0.2) is 18.2 Å². The van der Waals surface area contributed by atoms with Gasteiger partial charge in [0, 0.05) is 5.56 Å². The lowest BCUT2D eigenvalue weighted by Gasteiger charge is -2.04. The second kappa shape index (κ2) is 2.90. The number of aromatic hydroxyl groups is 1. The minimum absolute atomic E-state index is 0.0793. The van der Waals surface area contributed by atoms with Crippen molar-refractivity contribution in [3.05, 3.63) is 29.3 Å². The van der Waals surface area contributed by atoms with Crippen LogP contribution in [0, 0.1) is 6.92 Å². The molecule has 0 saturated carbocycles. The van der Waals surface area contributed by atoms with Crippen LogP contribution in [-0.2, 0) is 0 Å². The summed E-state index contributed by atoms with van der Waals surface area (Å²) in [5.74, 6) is 0.0793. The van der Waals surface area contributed by atoms with Gasteiger partial charge in [-0.05, 0) is 18.6 Å². The summed E-state index contributed by atoms with van der Waals surface area (Å²) < 4.78 is 0. The first-order chi connectivity index (χ1) is 5.11. The predicted octanol–water partition coefficient (Wildman–Crippen LogP) is 0.684. The quantitative estimate of drug-likeness (QED) is 0.521. The zero-order valence-corrected chi connectivity index (χ0v) is 6.15. The predicted molar refractivity (Wildman–Crippen MR) is 40.0 cm³/mol. The lowest BCUT2D eigenvalue weighted by Crippen LogP contribution is -1.94. The Labute approximate surface area is 64.5 Å². The van der Waals surface area contributed by atoms with Gasteiger partial charge in [-0.15, -0.1) is 0 Å². The molecule has 3 heteroatoms. The Bertz CT molecular complexity index is 256. The van der Waals surface area contributed by atoms with Crippen molar-refractivity contribution in [2.45, 2.75) is 13.2 Å². The fourth-order valence-corrected chi connectivity index (χ4v) is 0.787. The maximum atomic E-state index is 9.13. The van der Waals surface area contributed by atoms with E-state index in [-0.39, 0.29) is 5.75 Å². The standard InChI is InChI=1S/C8H10O3/c1-5-2-3-6(8(10)11)4-7(5)9/h2-4,8-11H,1H3. The van der Waals surface area contributed by atoms with E-state index in [1.807, 2.05) is 0 Å². The third kappa shape index (κ3) is 1.69. The minimum atomic E-state index is -1.51. The molecule has 0 saturated heterocycles. The van der Waals surface area contributed by atoms with Gasteiger partial charge in [0.25, 0.3) is 0 Å². The van der Waals surface area contributed by atoms with Gasteiger partial charge in [-0.1, -0.05) is 12.1 Å². The molecule has 0 aliphatic rings. The lowest BCUT2D eigenvalue weighted by atomic mass is 10.1. The molecule has 11 heavy (non-hydrogen) atoms. The highest BCUT2D eigenvalue weighted by Gasteiger charge is 2.03. The first kappa shape index (κ1) is 8.04. The van der Waals surface area contributed by atoms with E-state index in [1.165, 1.54) is 6.07 Å². The van der Waals surface area contributed by atoms with E-state index in [4.69, 9.17) is 15.3 Å². The van der Waals surface area contributed by atoms with Crippen LogP contribution in [0.2, 0.25) is 0 Å². The van der Waals surface area contributed by atoms with E-state index in [1.54, 1.807) is 19.1 Å². The molecular weight excluding hydrogens is 144 g/mol. The lowest BCUT2D eigenvalue weighted by molar-refractivity contribution is -0.0426. The molecule has 0 aliphatic carbocycles. The third-order valence-electron chi connectivity index (χ3n) is 1.53. The molecule has 0 amide bonds. The van der Waals surface area contributed by atoms with Gasteiger partial charge >= 0.3 is 0 Å². The molecule has 0 heterocycles. The van der Waals surface area contributed by atoms with E-state index < -0.39 is 6.29 Å². The number of hydrogen-bond donors (Lipinski definition) is 3. The molecule has 1 aromatic rings. The van der Waals surface area contributed by atoms with Gasteiger partial charge in [0.2, 0.25) is 0 Å². The van der Waals surface area contributed by atoms with Crippen molar-refractivity contribution in [2.75, 3.05) is 0 Å². The van der Waals surface area contributed by atoms with Crippen molar-refractivity contribution < 1.29 is 15.3 Å². The van der Waals surface area contributed by atoms with E-state index in [9.17, 15) is 0 Å². The molecule has 0 fully saturated rings. The van der Waals surface area contributed by atoms with Crippen molar-refractivity contribution in [3.63, 3.8) is 0 Å². The van der Waals surface area contributed by atoms with E-state index in [2.05, 4.69) is 0 Å².